The molecule has 0 aliphatic rings. The lowest BCUT2D eigenvalue weighted by Crippen LogP contribution is -1.88. The number of para-hydroxylation sites is 1. The fourth-order valence-corrected chi connectivity index (χ4v) is 3.91. The molecule has 0 amide bonds. The topological polar surface area (TPSA) is 12.9 Å². The lowest BCUT2D eigenvalue weighted by Gasteiger charge is -2.06. The Kier molecular flexibility index (Phi) is 4.45. The molecule has 2 heteroatoms. The average molecular weight is 341 g/mol. The molecule has 0 spiro atoms. The van der Waals surface area contributed by atoms with Crippen molar-refractivity contribution >= 4 is 33.7 Å². The van der Waals surface area contributed by atoms with Gasteiger partial charge < -0.3 is 0 Å². The SMILES string of the molecule is CCc1ccc(-c2nc3ccccc3s2)cc1C=Cc1ccccc1. The highest BCUT2D eigenvalue weighted by Crippen LogP contribution is 2.31. The first-order chi connectivity index (χ1) is 12.3. The second-order valence-electron chi connectivity index (χ2n) is 6.00. The predicted octanol–water partition coefficient (Wildman–Crippen LogP) is 6.70. The van der Waals surface area contributed by atoms with Gasteiger partial charge in [-0.3, -0.25) is 0 Å². The zero-order valence-electron chi connectivity index (χ0n) is 14.1. The van der Waals surface area contributed by atoms with Crippen molar-refractivity contribution in [2.45, 2.75) is 13.3 Å². The van der Waals surface area contributed by atoms with E-state index in [4.69, 9.17) is 4.98 Å². The number of hydrogen-bond donors (Lipinski definition) is 0. The van der Waals surface area contributed by atoms with Crippen molar-refractivity contribution < 1.29 is 0 Å². The Bertz CT molecular complexity index is 995. The van der Waals surface area contributed by atoms with Gasteiger partial charge in [0.25, 0.3) is 0 Å². The third kappa shape index (κ3) is 3.40. The van der Waals surface area contributed by atoms with E-state index in [1.807, 2.05) is 12.1 Å². The van der Waals surface area contributed by atoms with Gasteiger partial charge in [-0.25, -0.2) is 4.98 Å². The summed E-state index contributed by atoms with van der Waals surface area (Å²) in [5.74, 6) is 0. The Morgan fingerprint density at radius 2 is 1.68 bits per heavy atom. The summed E-state index contributed by atoms with van der Waals surface area (Å²) in [6, 6.07) is 25.4. The minimum Gasteiger partial charge on any atom is -0.236 e. The van der Waals surface area contributed by atoms with Crippen LogP contribution < -0.4 is 0 Å². The third-order valence-electron chi connectivity index (χ3n) is 4.32. The molecule has 1 heterocycles. The summed E-state index contributed by atoms with van der Waals surface area (Å²) < 4.78 is 1.23. The number of rotatable bonds is 4. The van der Waals surface area contributed by atoms with Crippen molar-refractivity contribution in [2.24, 2.45) is 0 Å². The molecule has 4 rings (SSSR count). The maximum atomic E-state index is 4.79. The van der Waals surface area contributed by atoms with E-state index < -0.39 is 0 Å². The van der Waals surface area contributed by atoms with Crippen LogP contribution in [0.3, 0.4) is 0 Å². The molecule has 0 atom stereocenters. The van der Waals surface area contributed by atoms with Crippen LogP contribution in [0.25, 0.3) is 32.9 Å². The molecule has 122 valence electrons. The number of aryl methyl sites for hydroxylation is 1. The molecule has 4 aromatic rings. The average Bonchev–Trinajstić information content (AvgIpc) is 3.11. The van der Waals surface area contributed by atoms with Crippen molar-refractivity contribution in [1.82, 2.24) is 4.98 Å². The number of thiazole rings is 1. The monoisotopic (exact) mass is 341 g/mol. The van der Waals surface area contributed by atoms with E-state index >= 15 is 0 Å². The van der Waals surface area contributed by atoms with E-state index in [0.29, 0.717) is 0 Å². The van der Waals surface area contributed by atoms with Crippen LogP contribution in [-0.2, 0) is 6.42 Å². The zero-order chi connectivity index (χ0) is 17.1. The van der Waals surface area contributed by atoms with Gasteiger partial charge in [-0.05, 0) is 41.3 Å². The fourth-order valence-electron chi connectivity index (χ4n) is 2.95. The summed E-state index contributed by atoms with van der Waals surface area (Å²) in [5, 5.41) is 1.08. The second-order valence-corrected chi connectivity index (χ2v) is 7.03. The van der Waals surface area contributed by atoms with Gasteiger partial charge in [0.05, 0.1) is 10.2 Å². The van der Waals surface area contributed by atoms with Crippen LogP contribution in [0.15, 0.2) is 72.8 Å². The zero-order valence-corrected chi connectivity index (χ0v) is 15.0. The third-order valence-corrected chi connectivity index (χ3v) is 5.41. The van der Waals surface area contributed by atoms with Crippen molar-refractivity contribution in [3.63, 3.8) is 0 Å². The van der Waals surface area contributed by atoms with E-state index in [9.17, 15) is 0 Å². The first-order valence-corrected chi connectivity index (χ1v) is 9.37. The fraction of sp³-hybridized carbons (Fsp3) is 0.0870. The van der Waals surface area contributed by atoms with Gasteiger partial charge in [0, 0.05) is 5.56 Å². The number of benzene rings is 3. The standard InChI is InChI=1S/C23H19NS/c1-2-18-14-15-20(23-24-21-10-6-7-11-22(21)25-23)16-19(18)13-12-17-8-4-3-5-9-17/h3-16H,2H2,1H3. The normalized spacial score (nSPS) is 11.4. The number of aromatic nitrogens is 1. The van der Waals surface area contributed by atoms with Crippen LogP contribution in [0.2, 0.25) is 0 Å². The van der Waals surface area contributed by atoms with Crippen LogP contribution in [0, 0.1) is 0 Å². The molecule has 0 fully saturated rings. The highest BCUT2D eigenvalue weighted by molar-refractivity contribution is 7.21. The summed E-state index contributed by atoms with van der Waals surface area (Å²) in [5.41, 5.74) is 6.10. The highest BCUT2D eigenvalue weighted by Gasteiger charge is 2.08. The summed E-state index contributed by atoms with van der Waals surface area (Å²) in [6.45, 7) is 2.20. The molecule has 3 aromatic carbocycles. The lowest BCUT2D eigenvalue weighted by atomic mass is 10.0. The summed E-state index contributed by atoms with van der Waals surface area (Å²) >= 11 is 1.75. The first kappa shape index (κ1) is 15.8. The van der Waals surface area contributed by atoms with Crippen LogP contribution in [0.4, 0.5) is 0 Å². The molecular formula is C23H19NS. The van der Waals surface area contributed by atoms with E-state index in [2.05, 4.69) is 79.7 Å². The van der Waals surface area contributed by atoms with Gasteiger partial charge in [-0.2, -0.15) is 0 Å². The van der Waals surface area contributed by atoms with Crippen LogP contribution >= 0.6 is 11.3 Å². The predicted molar refractivity (Wildman–Crippen MR) is 110 cm³/mol. The molecule has 1 nitrogen and oxygen atoms in total. The van der Waals surface area contributed by atoms with Gasteiger partial charge >= 0.3 is 0 Å². The molecule has 0 unspecified atom stereocenters. The summed E-state index contributed by atoms with van der Waals surface area (Å²) in [4.78, 5) is 4.79. The molecule has 1 aromatic heterocycles. The molecule has 0 aliphatic heterocycles. The number of nitrogens with zero attached hydrogens (tertiary/aromatic N) is 1. The Morgan fingerprint density at radius 1 is 0.880 bits per heavy atom. The van der Waals surface area contributed by atoms with Gasteiger partial charge in [0.2, 0.25) is 0 Å². The van der Waals surface area contributed by atoms with E-state index in [0.717, 1.165) is 16.9 Å². The smallest absolute Gasteiger partial charge is 0.124 e. The summed E-state index contributed by atoms with van der Waals surface area (Å²) in [6.07, 6.45) is 5.41. The van der Waals surface area contributed by atoms with Gasteiger partial charge in [-0.15, -0.1) is 11.3 Å². The highest BCUT2D eigenvalue weighted by atomic mass is 32.1. The van der Waals surface area contributed by atoms with Gasteiger partial charge in [0.1, 0.15) is 5.01 Å². The van der Waals surface area contributed by atoms with Crippen molar-refractivity contribution in [1.29, 1.82) is 0 Å². The molecule has 0 N–H and O–H groups in total. The van der Waals surface area contributed by atoms with Crippen molar-refractivity contribution in [3.05, 3.63) is 89.5 Å². The molecule has 0 aliphatic carbocycles. The maximum Gasteiger partial charge on any atom is 0.124 e. The lowest BCUT2D eigenvalue weighted by molar-refractivity contribution is 1.13. The van der Waals surface area contributed by atoms with Crippen LogP contribution in [-0.4, -0.2) is 4.98 Å². The van der Waals surface area contributed by atoms with E-state index in [-0.39, 0.29) is 0 Å². The maximum absolute atomic E-state index is 4.79. The summed E-state index contributed by atoms with van der Waals surface area (Å²) in [7, 11) is 0. The molecule has 0 radical (unpaired) electrons. The molecule has 0 saturated carbocycles. The minimum absolute atomic E-state index is 1.02. The second kappa shape index (κ2) is 7.04. The molecule has 0 bridgehead atoms. The van der Waals surface area contributed by atoms with Crippen LogP contribution in [0.5, 0.6) is 0 Å². The molecule has 0 saturated heterocycles. The van der Waals surface area contributed by atoms with E-state index in [1.165, 1.54) is 27.0 Å². The van der Waals surface area contributed by atoms with Crippen LogP contribution in [0.1, 0.15) is 23.6 Å². The largest absolute Gasteiger partial charge is 0.236 e. The minimum atomic E-state index is 1.02. The molecular weight excluding hydrogens is 322 g/mol. The Labute approximate surface area is 152 Å². The van der Waals surface area contributed by atoms with Gasteiger partial charge in [-0.1, -0.05) is 73.7 Å². The number of hydrogen-bond acceptors (Lipinski definition) is 2. The Hall–Kier alpha value is -2.71. The molecule has 25 heavy (non-hydrogen) atoms. The number of fused-ring (bicyclic) bond motifs is 1. The quantitative estimate of drug-likeness (QED) is 0.376. The van der Waals surface area contributed by atoms with Crippen molar-refractivity contribution in [3.8, 4) is 10.6 Å². The Morgan fingerprint density at radius 3 is 2.48 bits per heavy atom. The Balaban J connectivity index is 1.74. The van der Waals surface area contributed by atoms with E-state index in [1.54, 1.807) is 11.3 Å². The van der Waals surface area contributed by atoms with Gasteiger partial charge in [0.15, 0.2) is 0 Å². The van der Waals surface area contributed by atoms with Crippen molar-refractivity contribution in [2.75, 3.05) is 0 Å². The first-order valence-electron chi connectivity index (χ1n) is 8.55.